The molecule has 30 nitrogen and oxygen atoms in total. The van der Waals surface area contributed by atoms with E-state index in [2.05, 4.69) is 5.32 Å². The van der Waals surface area contributed by atoms with Gasteiger partial charge in [-0.25, -0.2) is 0 Å². The van der Waals surface area contributed by atoms with E-state index in [9.17, 15) is 107 Å². The van der Waals surface area contributed by atoms with Crippen molar-refractivity contribution in [1.29, 1.82) is 0 Å². The highest BCUT2D eigenvalue weighted by molar-refractivity contribution is 5.73. The van der Waals surface area contributed by atoms with Crippen LogP contribution >= 0.6 is 0 Å². The van der Waals surface area contributed by atoms with E-state index in [1.807, 2.05) is 0 Å². The number of aliphatic hydroxyl groups is 20. The van der Waals surface area contributed by atoms with Gasteiger partial charge in [0.25, 0.3) is 0 Å². The minimum Gasteiger partial charge on any atom is -0.396 e. The van der Waals surface area contributed by atoms with Crippen LogP contribution in [0.15, 0.2) is 0 Å². The lowest BCUT2D eigenvalue weighted by atomic mass is 9.85. The zero-order chi connectivity index (χ0) is 63.3. The first-order chi connectivity index (χ1) is 39.2. The molecule has 84 heavy (non-hydrogen) atoms. The Hall–Kier alpha value is -1.65. The number of rotatable bonds is 33. The van der Waals surface area contributed by atoms with E-state index in [-0.39, 0.29) is 38.7 Å². The Kier molecular flexibility index (Phi) is 30.7. The van der Waals surface area contributed by atoms with Crippen molar-refractivity contribution in [2.45, 2.75) is 303 Å². The predicted octanol–water partition coefficient (Wildman–Crippen LogP) is -7.09. The van der Waals surface area contributed by atoms with Crippen LogP contribution in [0.5, 0.6) is 0 Å². The molecule has 0 aromatic carbocycles. The van der Waals surface area contributed by atoms with Gasteiger partial charge in [-0.2, -0.15) is 0 Å². The molecule has 30 heteroatoms. The molecule has 496 valence electrons. The molecular formula is C54H101NO29. The Morgan fingerprint density at radius 3 is 1.63 bits per heavy atom. The summed E-state index contributed by atoms with van der Waals surface area (Å²) in [6.45, 7) is 10.3. The van der Waals surface area contributed by atoms with Crippen molar-refractivity contribution in [2.75, 3.05) is 13.2 Å². The number of ether oxygens (including phenoxy) is 8. The van der Waals surface area contributed by atoms with Crippen molar-refractivity contribution in [3.05, 3.63) is 0 Å². The van der Waals surface area contributed by atoms with E-state index < -0.39 is 246 Å². The quantitative estimate of drug-likeness (QED) is 0.0290. The van der Waals surface area contributed by atoms with E-state index in [0.717, 1.165) is 0 Å². The number of amides is 1. The van der Waals surface area contributed by atoms with Gasteiger partial charge >= 0.3 is 0 Å². The van der Waals surface area contributed by atoms with Crippen molar-refractivity contribution in [3.8, 4) is 0 Å². The summed E-state index contributed by atoms with van der Waals surface area (Å²) < 4.78 is 48.5. The fraction of sp³-hybridized carbons (Fsp3) is 0.981. The van der Waals surface area contributed by atoms with Crippen LogP contribution < -0.4 is 5.32 Å². The second-order valence-electron chi connectivity index (χ2n) is 23.8. The molecule has 1 amide bonds. The zero-order valence-corrected chi connectivity index (χ0v) is 49.0. The molecule has 4 saturated heterocycles. The Morgan fingerprint density at radius 2 is 1.02 bits per heavy atom. The Balaban J connectivity index is 1.57. The lowest BCUT2D eigenvalue weighted by Crippen LogP contribution is -2.65. The van der Waals surface area contributed by atoms with Crippen molar-refractivity contribution in [1.82, 2.24) is 5.32 Å². The van der Waals surface area contributed by atoms with Crippen LogP contribution in [0.3, 0.4) is 0 Å². The summed E-state index contributed by atoms with van der Waals surface area (Å²) in [5.74, 6) is -3.32. The topological polar surface area (TPSA) is 508 Å². The normalized spacial score (nSPS) is 38.8. The summed E-state index contributed by atoms with van der Waals surface area (Å²) in [5.41, 5.74) is 0. The first kappa shape index (κ1) is 74.8. The monoisotopic (exact) mass is 1230 g/mol. The van der Waals surface area contributed by atoms with Crippen molar-refractivity contribution in [2.24, 2.45) is 17.8 Å². The summed E-state index contributed by atoms with van der Waals surface area (Å²) in [6.07, 6.45) is -48.0. The fourth-order valence-corrected chi connectivity index (χ4v) is 11.1. The zero-order valence-electron chi connectivity index (χ0n) is 49.0. The average Bonchev–Trinajstić information content (AvgIpc) is 3.59. The molecule has 4 aliphatic heterocycles. The Morgan fingerprint density at radius 1 is 0.500 bits per heavy atom. The van der Waals surface area contributed by atoms with Gasteiger partial charge in [0.15, 0.2) is 25.2 Å². The molecule has 2 unspecified atom stereocenters. The first-order valence-corrected chi connectivity index (χ1v) is 29.2. The maximum Gasteiger partial charge on any atom is 0.217 e. The van der Waals surface area contributed by atoms with Gasteiger partial charge in [0, 0.05) is 51.0 Å². The van der Waals surface area contributed by atoms with Gasteiger partial charge in [0.1, 0.15) is 73.2 Å². The maximum absolute atomic E-state index is 12.1. The molecule has 0 aromatic rings. The summed E-state index contributed by atoms with van der Waals surface area (Å²) in [6, 6.07) is -0.885. The molecule has 0 spiro atoms. The van der Waals surface area contributed by atoms with Gasteiger partial charge in [-0.1, -0.05) is 20.8 Å². The van der Waals surface area contributed by atoms with Crippen LogP contribution in [0, 0.1) is 17.8 Å². The van der Waals surface area contributed by atoms with Crippen LogP contribution in [0.25, 0.3) is 0 Å². The maximum atomic E-state index is 12.1. The molecule has 0 radical (unpaired) electrons. The SMILES string of the molecule is CC(=O)N[C@@H]1C[C@H](O[C@H]2[C@H](O)[C@@H](C)O[C@@H](O[C@H](CC(O)[C@H](O)[C@@H](O)C[C@H](O)C[C@@H](O)[C@H](C)[C@H](O)C[C@@H](O[C@@H]3O[C@H](CO)[C@@H](O)[C@H](O)[C@@H]3O)[C@H](C)[C@H](O)C(C)O)[C@@H](C)CC[C@@H](O)C[C@@H](O)CCO)[C@@H]2O[C@@H]2O[C@H](C)[C@@H](O)[C@H](O)[C@H]2O)O[C@H](C)[C@H]1O. The third kappa shape index (κ3) is 20.7. The second kappa shape index (κ2) is 34.5. The summed E-state index contributed by atoms with van der Waals surface area (Å²) in [7, 11) is 0. The molecule has 0 aromatic heterocycles. The molecule has 4 aliphatic rings. The minimum atomic E-state index is -2.05. The number of nitrogens with one attached hydrogen (secondary N) is 1. The van der Waals surface area contributed by atoms with Crippen LogP contribution in [0.2, 0.25) is 0 Å². The second-order valence-corrected chi connectivity index (χ2v) is 23.8. The highest BCUT2D eigenvalue weighted by Gasteiger charge is 2.54. The van der Waals surface area contributed by atoms with Gasteiger partial charge in [-0.05, 0) is 65.7 Å². The molecule has 34 atom stereocenters. The lowest BCUT2D eigenvalue weighted by molar-refractivity contribution is -0.384. The van der Waals surface area contributed by atoms with E-state index >= 15 is 0 Å². The average molecular weight is 1230 g/mol. The van der Waals surface area contributed by atoms with Crippen molar-refractivity contribution >= 4 is 5.91 Å². The highest BCUT2D eigenvalue weighted by atomic mass is 16.8. The summed E-state index contributed by atoms with van der Waals surface area (Å²) >= 11 is 0. The molecule has 0 saturated carbocycles. The third-order valence-corrected chi connectivity index (χ3v) is 16.9. The number of hydrogen-bond acceptors (Lipinski definition) is 29. The number of carbonyl (C=O) groups excluding carboxylic acids is 1. The highest BCUT2D eigenvalue weighted by Crippen LogP contribution is 2.37. The molecule has 4 rings (SSSR count). The minimum absolute atomic E-state index is 0.00971. The number of carbonyl (C=O) groups is 1. The molecule has 21 N–H and O–H groups in total. The van der Waals surface area contributed by atoms with E-state index in [0.29, 0.717) is 0 Å². The van der Waals surface area contributed by atoms with Gasteiger partial charge in [0.05, 0.1) is 98.1 Å². The third-order valence-electron chi connectivity index (χ3n) is 16.9. The Bertz CT molecular complexity index is 1870. The summed E-state index contributed by atoms with van der Waals surface area (Å²) in [4.78, 5) is 12.1. The number of hydrogen-bond donors (Lipinski definition) is 21. The van der Waals surface area contributed by atoms with Crippen molar-refractivity contribution < 1.29 is 145 Å². The molecule has 0 bridgehead atoms. The van der Waals surface area contributed by atoms with Gasteiger partial charge in [-0.3, -0.25) is 4.79 Å². The van der Waals surface area contributed by atoms with E-state index in [1.54, 1.807) is 6.92 Å². The van der Waals surface area contributed by atoms with Crippen LogP contribution in [0.1, 0.15) is 113 Å². The standard InChI is InChI=1S/C54H101NO29/c1-20(9-10-28(60)13-29(61)11-12-56)36(80-54-51(84-52-48(75)46(73)42(69)25(6)78-52)50(43(70)26(7)79-54)83-39-16-31(55-27(8)59)41(68)24(5)77-39)18-35(66)44(71)34(65)15-30(62)14-32(63)21(2)33(64)17-37(22(3)40(67)23(4)58)81-53-49(76)47(74)45(72)38(19-57)82-53/h20-26,28-54,56-58,60-76H,9-19H2,1-8H3,(H,55,59)/t20-,21-,22-,23?,24+,25+,26+,28+,29-,30+,31+,32+,33+,34-,35?,36+,37+,38+,39-,40-,41+,42+,43+,44+,45+,46-,47-,48+,49-,50-,51+,52-,53+,54-/m0/s1. The van der Waals surface area contributed by atoms with Crippen LogP contribution in [0.4, 0.5) is 0 Å². The molecule has 0 aliphatic carbocycles. The van der Waals surface area contributed by atoms with E-state index in [4.69, 9.17) is 37.9 Å². The molecule has 4 fully saturated rings. The van der Waals surface area contributed by atoms with Crippen molar-refractivity contribution in [3.63, 3.8) is 0 Å². The first-order valence-electron chi connectivity index (χ1n) is 29.2. The van der Waals surface area contributed by atoms with E-state index in [1.165, 1.54) is 48.5 Å². The summed E-state index contributed by atoms with van der Waals surface area (Å²) in [5, 5.41) is 218. The number of aliphatic hydroxyl groups excluding tert-OH is 20. The lowest BCUT2D eigenvalue weighted by Gasteiger charge is -2.49. The van der Waals surface area contributed by atoms with Gasteiger partial charge in [-0.15, -0.1) is 0 Å². The van der Waals surface area contributed by atoms with Crippen LogP contribution in [-0.2, 0) is 42.7 Å². The molecule has 4 heterocycles. The van der Waals surface area contributed by atoms with Crippen LogP contribution in [-0.4, -0.2) is 311 Å². The predicted molar refractivity (Wildman–Crippen MR) is 286 cm³/mol. The largest absolute Gasteiger partial charge is 0.396 e. The molecular weight excluding hydrogens is 1130 g/mol. The smallest absolute Gasteiger partial charge is 0.217 e. The van der Waals surface area contributed by atoms with Gasteiger partial charge < -0.3 is 145 Å². The fourth-order valence-electron chi connectivity index (χ4n) is 11.1. The Labute approximate surface area is 489 Å². The van der Waals surface area contributed by atoms with Gasteiger partial charge in [0.2, 0.25) is 5.91 Å².